The molecule has 22 heavy (non-hydrogen) atoms. The zero-order chi connectivity index (χ0) is 15.4. The average molecular weight is 296 g/mol. The molecule has 0 saturated carbocycles. The van der Waals surface area contributed by atoms with Gasteiger partial charge in [0.05, 0.1) is 11.6 Å². The highest BCUT2D eigenvalue weighted by molar-refractivity contribution is 5.76. The minimum Gasteiger partial charge on any atom is -0.508 e. The highest BCUT2D eigenvalue weighted by Gasteiger charge is 2.13. The topological polar surface area (TPSA) is 73.8 Å². The summed E-state index contributed by atoms with van der Waals surface area (Å²) in [6, 6.07) is 11.4. The molecular weight excluding hydrogens is 276 g/mol. The number of phenols is 1. The minimum absolute atomic E-state index is 0.156. The zero-order valence-corrected chi connectivity index (χ0v) is 12.6. The van der Waals surface area contributed by atoms with Gasteiger partial charge < -0.3 is 10.4 Å². The summed E-state index contributed by atoms with van der Waals surface area (Å²) >= 11 is 0. The van der Waals surface area contributed by atoms with Crippen molar-refractivity contribution in [1.82, 2.24) is 20.5 Å². The van der Waals surface area contributed by atoms with E-state index >= 15 is 0 Å². The standard InChI is InChI=1S/C17H20N4O/c1-12(16-17-15(20-21-16)5-3-11-19-17)18-10-2-4-13-6-8-14(22)9-7-13/h3,5-9,11-12,18,22H,2,4,10H2,1H3,(H,20,21). The van der Waals surface area contributed by atoms with Crippen LogP contribution in [0.3, 0.4) is 0 Å². The van der Waals surface area contributed by atoms with Crippen LogP contribution in [-0.2, 0) is 6.42 Å². The molecule has 0 saturated heterocycles. The molecule has 0 amide bonds. The van der Waals surface area contributed by atoms with Gasteiger partial charge in [-0.25, -0.2) is 0 Å². The summed E-state index contributed by atoms with van der Waals surface area (Å²) in [7, 11) is 0. The van der Waals surface area contributed by atoms with Crippen LogP contribution in [0.1, 0.15) is 30.6 Å². The van der Waals surface area contributed by atoms with Crippen molar-refractivity contribution in [3.8, 4) is 5.75 Å². The van der Waals surface area contributed by atoms with Gasteiger partial charge in [0.25, 0.3) is 0 Å². The molecule has 2 heterocycles. The summed E-state index contributed by atoms with van der Waals surface area (Å²) in [5.41, 5.74) is 4.09. The Hall–Kier alpha value is -2.40. The van der Waals surface area contributed by atoms with E-state index in [4.69, 9.17) is 0 Å². The molecule has 0 aliphatic heterocycles. The van der Waals surface area contributed by atoms with E-state index in [1.54, 1.807) is 18.3 Å². The Morgan fingerprint density at radius 1 is 1.23 bits per heavy atom. The lowest BCUT2D eigenvalue weighted by molar-refractivity contribution is 0.475. The molecule has 3 N–H and O–H groups in total. The van der Waals surface area contributed by atoms with Crippen molar-refractivity contribution in [1.29, 1.82) is 0 Å². The maximum Gasteiger partial charge on any atom is 0.115 e. The molecule has 1 unspecified atom stereocenters. The van der Waals surface area contributed by atoms with E-state index < -0.39 is 0 Å². The Bertz CT molecular complexity index is 736. The van der Waals surface area contributed by atoms with Gasteiger partial charge in [0.1, 0.15) is 17.0 Å². The maximum absolute atomic E-state index is 9.27. The smallest absolute Gasteiger partial charge is 0.115 e. The molecule has 5 heteroatoms. The zero-order valence-electron chi connectivity index (χ0n) is 12.6. The Labute approximate surface area is 129 Å². The van der Waals surface area contributed by atoms with Crippen molar-refractivity contribution >= 4 is 11.0 Å². The average Bonchev–Trinajstić information content (AvgIpc) is 2.97. The number of hydrogen-bond donors (Lipinski definition) is 3. The Balaban J connectivity index is 1.52. The van der Waals surface area contributed by atoms with Crippen LogP contribution in [0.4, 0.5) is 0 Å². The first-order valence-corrected chi connectivity index (χ1v) is 7.54. The van der Waals surface area contributed by atoms with Gasteiger partial charge in [0, 0.05) is 6.20 Å². The molecule has 0 aliphatic rings. The molecule has 0 fully saturated rings. The molecule has 0 radical (unpaired) electrons. The highest BCUT2D eigenvalue weighted by Crippen LogP contribution is 2.19. The number of aromatic hydroxyl groups is 1. The lowest BCUT2D eigenvalue weighted by atomic mass is 10.1. The first kappa shape index (κ1) is 14.5. The van der Waals surface area contributed by atoms with Crippen LogP contribution in [0, 0.1) is 0 Å². The quantitative estimate of drug-likeness (QED) is 0.611. The second-order valence-corrected chi connectivity index (χ2v) is 5.45. The molecule has 114 valence electrons. The monoisotopic (exact) mass is 296 g/mol. The van der Waals surface area contributed by atoms with Crippen molar-refractivity contribution in [3.05, 3.63) is 53.9 Å². The van der Waals surface area contributed by atoms with Crippen molar-refractivity contribution in [3.63, 3.8) is 0 Å². The van der Waals surface area contributed by atoms with E-state index in [1.807, 2.05) is 24.3 Å². The van der Waals surface area contributed by atoms with Crippen molar-refractivity contribution in [2.24, 2.45) is 0 Å². The van der Waals surface area contributed by atoms with Crippen molar-refractivity contribution in [2.75, 3.05) is 6.54 Å². The molecule has 0 aliphatic carbocycles. The van der Waals surface area contributed by atoms with Gasteiger partial charge in [-0.1, -0.05) is 12.1 Å². The molecular formula is C17H20N4O. The summed E-state index contributed by atoms with van der Waals surface area (Å²) < 4.78 is 0. The van der Waals surface area contributed by atoms with E-state index in [-0.39, 0.29) is 6.04 Å². The minimum atomic E-state index is 0.156. The van der Waals surface area contributed by atoms with Gasteiger partial charge in [-0.05, 0) is 56.1 Å². The number of hydrogen-bond acceptors (Lipinski definition) is 4. The molecule has 5 nitrogen and oxygen atoms in total. The molecule has 1 atom stereocenters. The molecule has 0 bridgehead atoms. The van der Waals surface area contributed by atoms with Gasteiger partial charge >= 0.3 is 0 Å². The third-order valence-corrected chi connectivity index (χ3v) is 3.79. The van der Waals surface area contributed by atoms with Crippen LogP contribution in [0.25, 0.3) is 11.0 Å². The molecule has 1 aromatic carbocycles. The van der Waals surface area contributed by atoms with E-state index in [9.17, 15) is 5.11 Å². The number of benzene rings is 1. The fourth-order valence-corrected chi connectivity index (χ4v) is 2.55. The predicted molar refractivity (Wildman–Crippen MR) is 86.7 cm³/mol. The van der Waals surface area contributed by atoms with Crippen LogP contribution >= 0.6 is 0 Å². The number of rotatable bonds is 6. The lowest BCUT2D eigenvalue weighted by Crippen LogP contribution is -2.21. The van der Waals surface area contributed by atoms with Crippen molar-refractivity contribution < 1.29 is 5.11 Å². The third-order valence-electron chi connectivity index (χ3n) is 3.79. The fourth-order valence-electron chi connectivity index (χ4n) is 2.55. The number of aromatic nitrogens is 3. The number of aromatic amines is 1. The third kappa shape index (κ3) is 3.26. The number of pyridine rings is 1. The van der Waals surface area contributed by atoms with Gasteiger partial charge in [-0.15, -0.1) is 0 Å². The summed E-state index contributed by atoms with van der Waals surface area (Å²) in [5, 5.41) is 20.1. The summed E-state index contributed by atoms with van der Waals surface area (Å²) in [6.45, 7) is 3.01. The second-order valence-electron chi connectivity index (χ2n) is 5.45. The van der Waals surface area contributed by atoms with Crippen LogP contribution < -0.4 is 5.32 Å². The first-order chi connectivity index (χ1) is 10.7. The number of H-pyrrole nitrogens is 1. The van der Waals surface area contributed by atoms with Crippen LogP contribution in [-0.4, -0.2) is 26.8 Å². The predicted octanol–water partition coefficient (Wildman–Crippen LogP) is 2.95. The molecule has 0 spiro atoms. The van der Waals surface area contributed by atoms with Crippen LogP contribution in [0.5, 0.6) is 5.75 Å². The number of fused-ring (bicyclic) bond motifs is 1. The Morgan fingerprint density at radius 2 is 2.05 bits per heavy atom. The lowest BCUT2D eigenvalue weighted by Gasteiger charge is -2.11. The Kier molecular flexibility index (Phi) is 4.34. The first-order valence-electron chi connectivity index (χ1n) is 7.54. The SMILES string of the molecule is CC(NCCCc1ccc(O)cc1)c1n[nH]c2cccnc12. The van der Waals surface area contributed by atoms with E-state index in [2.05, 4.69) is 27.4 Å². The van der Waals surface area contributed by atoms with Crippen LogP contribution in [0.2, 0.25) is 0 Å². The summed E-state index contributed by atoms with van der Waals surface area (Å²) in [5.74, 6) is 0.313. The normalized spacial score (nSPS) is 12.6. The van der Waals surface area contributed by atoms with Gasteiger partial charge in [0.15, 0.2) is 0 Å². The van der Waals surface area contributed by atoms with E-state index in [1.165, 1.54) is 5.56 Å². The van der Waals surface area contributed by atoms with Crippen molar-refractivity contribution in [2.45, 2.75) is 25.8 Å². The highest BCUT2D eigenvalue weighted by atomic mass is 16.3. The number of nitrogens with one attached hydrogen (secondary N) is 2. The number of phenolic OH excluding ortho intramolecular Hbond substituents is 1. The number of aryl methyl sites for hydroxylation is 1. The second kappa shape index (κ2) is 6.58. The largest absolute Gasteiger partial charge is 0.508 e. The van der Waals surface area contributed by atoms with Gasteiger partial charge in [-0.2, -0.15) is 5.10 Å². The van der Waals surface area contributed by atoms with Gasteiger partial charge in [-0.3, -0.25) is 10.1 Å². The van der Waals surface area contributed by atoms with E-state index in [0.717, 1.165) is 36.1 Å². The molecule has 3 rings (SSSR count). The van der Waals surface area contributed by atoms with E-state index in [0.29, 0.717) is 5.75 Å². The molecule has 3 aromatic rings. The summed E-state index contributed by atoms with van der Waals surface area (Å²) in [6.07, 6.45) is 3.81. The Morgan fingerprint density at radius 3 is 2.86 bits per heavy atom. The molecule has 2 aromatic heterocycles. The maximum atomic E-state index is 9.27. The fraction of sp³-hybridized carbons (Fsp3) is 0.294. The summed E-state index contributed by atoms with van der Waals surface area (Å²) in [4.78, 5) is 4.39. The number of nitrogens with zero attached hydrogens (tertiary/aromatic N) is 2. The van der Waals surface area contributed by atoms with Gasteiger partial charge in [0.2, 0.25) is 0 Å². The van der Waals surface area contributed by atoms with Crippen LogP contribution in [0.15, 0.2) is 42.6 Å².